The first-order valence-electron chi connectivity index (χ1n) is 4.21. The van der Waals surface area contributed by atoms with Gasteiger partial charge in [-0.15, -0.1) is 0 Å². The molecule has 0 fully saturated rings. The second-order valence-corrected chi connectivity index (χ2v) is 2.87. The van der Waals surface area contributed by atoms with Crippen LogP contribution in [0, 0.1) is 0 Å². The fourth-order valence-corrected chi connectivity index (χ4v) is 1.31. The Morgan fingerprint density at radius 3 is 2.69 bits per heavy atom. The summed E-state index contributed by atoms with van der Waals surface area (Å²) >= 11 is 0. The number of carboxylic acids is 1. The highest BCUT2D eigenvalue weighted by atomic mass is 16.4. The molecule has 0 aliphatic carbocycles. The van der Waals surface area contributed by atoms with E-state index in [1.165, 1.54) is 6.07 Å². The van der Waals surface area contributed by atoms with E-state index in [0.717, 1.165) is 6.42 Å². The van der Waals surface area contributed by atoms with Crippen molar-refractivity contribution in [3.63, 3.8) is 0 Å². The smallest absolute Gasteiger partial charge is 0.339 e. The highest BCUT2D eigenvalue weighted by Gasteiger charge is 2.13. The zero-order chi connectivity index (χ0) is 9.84. The van der Waals surface area contributed by atoms with Crippen LogP contribution >= 0.6 is 0 Å². The molecule has 0 saturated carbocycles. The van der Waals surface area contributed by atoms with Gasteiger partial charge in [-0.3, -0.25) is 0 Å². The van der Waals surface area contributed by atoms with Crippen LogP contribution in [-0.4, -0.2) is 16.2 Å². The first-order chi connectivity index (χ1) is 6.16. The molecule has 1 aromatic carbocycles. The van der Waals surface area contributed by atoms with E-state index >= 15 is 0 Å². The van der Waals surface area contributed by atoms with E-state index in [9.17, 15) is 9.90 Å². The first kappa shape index (κ1) is 9.58. The number of aromatic hydroxyl groups is 1. The lowest BCUT2D eigenvalue weighted by Gasteiger charge is -2.05. The van der Waals surface area contributed by atoms with Gasteiger partial charge in [0, 0.05) is 0 Å². The van der Waals surface area contributed by atoms with Crippen LogP contribution in [-0.2, 0) is 6.42 Å². The third-order valence-electron chi connectivity index (χ3n) is 1.86. The fraction of sp³-hybridized carbons (Fsp3) is 0.300. The van der Waals surface area contributed by atoms with Gasteiger partial charge in [0.15, 0.2) is 0 Å². The van der Waals surface area contributed by atoms with Crippen molar-refractivity contribution < 1.29 is 15.0 Å². The zero-order valence-electron chi connectivity index (χ0n) is 7.45. The Morgan fingerprint density at radius 1 is 1.46 bits per heavy atom. The number of benzene rings is 1. The van der Waals surface area contributed by atoms with Crippen molar-refractivity contribution in [3.05, 3.63) is 29.3 Å². The van der Waals surface area contributed by atoms with E-state index in [0.29, 0.717) is 12.0 Å². The van der Waals surface area contributed by atoms with Crippen molar-refractivity contribution in [2.45, 2.75) is 19.8 Å². The van der Waals surface area contributed by atoms with Gasteiger partial charge < -0.3 is 10.2 Å². The molecule has 0 radical (unpaired) electrons. The fourth-order valence-electron chi connectivity index (χ4n) is 1.31. The lowest BCUT2D eigenvalue weighted by atomic mass is 10.0. The third-order valence-corrected chi connectivity index (χ3v) is 1.86. The van der Waals surface area contributed by atoms with Crippen LogP contribution in [0.25, 0.3) is 0 Å². The normalized spacial score (nSPS) is 9.92. The van der Waals surface area contributed by atoms with Crippen LogP contribution < -0.4 is 0 Å². The van der Waals surface area contributed by atoms with Crippen LogP contribution in [0.2, 0.25) is 0 Å². The Labute approximate surface area is 76.6 Å². The van der Waals surface area contributed by atoms with E-state index in [1.54, 1.807) is 12.1 Å². The van der Waals surface area contributed by atoms with Crippen molar-refractivity contribution in [1.29, 1.82) is 0 Å². The predicted molar refractivity (Wildman–Crippen MR) is 49.1 cm³/mol. The molecule has 0 aliphatic rings. The maximum atomic E-state index is 10.8. The van der Waals surface area contributed by atoms with Gasteiger partial charge in [0.1, 0.15) is 11.3 Å². The molecule has 3 heteroatoms. The minimum atomic E-state index is -1.07. The molecule has 0 spiro atoms. The number of hydrogen-bond donors (Lipinski definition) is 2. The monoisotopic (exact) mass is 180 g/mol. The van der Waals surface area contributed by atoms with E-state index in [1.807, 2.05) is 6.92 Å². The Kier molecular flexibility index (Phi) is 2.90. The average molecular weight is 180 g/mol. The van der Waals surface area contributed by atoms with Crippen LogP contribution in [0.5, 0.6) is 5.75 Å². The summed E-state index contributed by atoms with van der Waals surface area (Å²) in [7, 11) is 0. The van der Waals surface area contributed by atoms with Gasteiger partial charge in [0.2, 0.25) is 0 Å². The standard InChI is InChI=1S/C10H12O3/c1-2-4-7-5-3-6-8(11)9(7)10(12)13/h3,5-6,11H,2,4H2,1H3,(H,12,13). The number of aryl methyl sites for hydroxylation is 1. The highest BCUT2D eigenvalue weighted by Crippen LogP contribution is 2.21. The summed E-state index contributed by atoms with van der Waals surface area (Å²) in [4.78, 5) is 10.8. The van der Waals surface area contributed by atoms with Gasteiger partial charge in [-0.25, -0.2) is 4.79 Å². The van der Waals surface area contributed by atoms with Crippen molar-refractivity contribution in [2.24, 2.45) is 0 Å². The van der Waals surface area contributed by atoms with Gasteiger partial charge in [-0.05, 0) is 18.1 Å². The predicted octanol–water partition coefficient (Wildman–Crippen LogP) is 2.04. The molecule has 0 amide bonds. The largest absolute Gasteiger partial charge is 0.507 e. The summed E-state index contributed by atoms with van der Waals surface area (Å²) < 4.78 is 0. The molecule has 1 rings (SSSR count). The summed E-state index contributed by atoms with van der Waals surface area (Å²) in [6.07, 6.45) is 1.54. The van der Waals surface area contributed by atoms with Crippen LogP contribution in [0.3, 0.4) is 0 Å². The molecule has 0 bridgehead atoms. The number of carboxylic acid groups (broad SMARTS) is 1. The molecular formula is C10H12O3. The number of phenols is 1. The summed E-state index contributed by atoms with van der Waals surface area (Å²) in [5.41, 5.74) is 0.722. The molecule has 13 heavy (non-hydrogen) atoms. The lowest BCUT2D eigenvalue weighted by molar-refractivity contribution is 0.0692. The van der Waals surface area contributed by atoms with Crippen molar-refractivity contribution in [2.75, 3.05) is 0 Å². The van der Waals surface area contributed by atoms with Crippen molar-refractivity contribution in [3.8, 4) is 5.75 Å². The van der Waals surface area contributed by atoms with Gasteiger partial charge >= 0.3 is 5.97 Å². The van der Waals surface area contributed by atoms with E-state index in [4.69, 9.17) is 5.11 Å². The van der Waals surface area contributed by atoms with Crippen LogP contribution in [0.15, 0.2) is 18.2 Å². The van der Waals surface area contributed by atoms with E-state index in [2.05, 4.69) is 0 Å². The van der Waals surface area contributed by atoms with E-state index < -0.39 is 5.97 Å². The molecule has 70 valence electrons. The molecule has 0 heterocycles. The highest BCUT2D eigenvalue weighted by molar-refractivity contribution is 5.92. The first-order valence-corrected chi connectivity index (χ1v) is 4.21. The SMILES string of the molecule is CCCc1cccc(O)c1C(=O)O. The van der Waals surface area contributed by atoms with E-state index in [-0.39, 0.29) is 11.3 Å². The molecule has 2 N–H and O–H groups in total. The van der Waals surface area contributed by atoms with Gasteiger partial charge in [-0.2, -0.15) is 0 Å². The van der Waals surface area contributed by atoms with Gasteiger partial charge in [0.25, 0.3) is 0 Å². The lowest BCUT2D eigenvalue weighted by Crippen LogP contribution is -2.02. The molecule has 1 aromatic rings. The second kappa shape index (κ2) is 3.94. The summed E-state index contributed by atoms with van der Waals surface area (Å²) in [5.74, 6) is -1.22. The molecule has 0 aliphatic heterocycles. The molecule has 0 unspecified atom stereocenters. The molecule has 0 atom stereocenters. The Morgan fingerprint density at radius 2 is 2.15 bits per heavy atom. The molecular weight excluding hydrogens is 168 g/mol. The minimum Gasteiger partial charge on any atom is -0.507 e. The minimum absolute atomic E-state index is 0.0318. The quantitative estimate of drug-likeness (QED) is 0.748. The maximum absolute atomic E-state index is 10.8. The summed E-state index contributed by atoms with van der Waals surface area (Å²) in [6, 6.07) is 4.78. The van der Waals surface area contributed by atoms with Gasteiger partial charge in [0.05, 0.1) is 0 Å². The third kappa shape index (κ3) is 1.99. The number of aromatic carboxylic acids is 1. The summed E-state index contributed by atoms with van der Waals surface area (Å²) in [6.45, 7) is 1.97. The second-order valence-electron chi connectivity index (χ2n) is 2.87. The van der Waals surface area contributed by atoms with Gasteiger partial charge in [-0.1, -0.05) is 25.5 Å². The van der Waals surface area contributed by atoms with Crippen molar-refractivity contribution >= 4 is 5.97 Å². The maximum Gasteiger partial charge on any atom is 0.339 e. The average Bonchev–Trinajstić information content (AvgIpc) is 2.04. The molecule has 3 nitrogen and oxygen atoms in total. The Bertz CT molecular complexity index is 318. The number of rotatable bonds is 3. The van der Waals surface area contributed by atoms with Crippen LogP contribution in [0.4, 0.5) is 0 Å². The molecule has 0 saturated heterocycles. The van der Waals surface area contributed by atoms with Crippen LogP contribution in [0.1, 0.15) is 29.3 Å². The zero-order valence-corrected chi connectivity index (χ0v) is 7.45. The number of hydrogen-bond acceptors (Lipinski definition) is 2. The van der Waals surface area contributed by atoms with Crippen molar-refractivity contribution in [1.82, 2.24) is 0 Å². The molecule has 0 aromatic heterocycles. The number of carbonyl (C=O) groups is 1. The Balaban J connectivity index is 3.17. The topological polar surface area (TPSA) is 57.5 Å². The Hall–Kier alpha value is -1.51. The summed E-state index contributed by atoms with van der Waals surface area (Å²) in [5, 5.41) is 18.1.